The van der Waals surface area contributed by atoms with Gasteiger partial charge in [-0.15, -0.1) is 0 Å². The number of halogens is 1. The van der Waals surface area contributed by atoms with E-state index in [9.17, 15) is 5.11 Å². The highest BCUT2D eigenvalue weighted by Gasteiger charge is 2.25. The van der Waals surface area contributed by atoms with E-state index in [1.165, 1.54) is 0 Å². The lowest BCUT2D eigenvalue weighted by atomic mass is 10.0. The van der Waals surface area contributed by atoms with Crippen molar-refractivity contribution in [2.75, 3.05) is 20.2 Å². The lowest BCUT2D eigenvalue weighted by molar-refractivity contribution is 0.0305. The number of aliphatic hydroxyl groups is 1. The molecule has 0 aliphatic carbocycles. The average molecular weight is 417 g/mol. The van der Waals surface area contributed by atoms with Crippen molar-refractivity contribution in [3.05, 3.63) is 64.7 Å². The highest BCUT2D eigenvalue weighted by Crippen LogP contribution is 2.21. The van der Waals surface area contributed by atoms with Crippen LogP contribution in [0.4, 0.5) is 0 Å². The molecule has 0 radical (unpaired) electrons. The van der Waals surface area contributed by atoms with Crippen LogP contribution < -0.4 is 4.74 Å². The normalized spacial score (nSPS) is 17.1. The lowest BCUT2D eigenvalue weighted by Crippen LogP contribution is -2.37. The molecular formula is C23H29ClN2O3. The van der Waals surface area contributed by atoms with Gasteiger partial charge < -0.3 is 14.7 Å². The van der Waals surface area contributed by atoms with Crippen molar-refractivity contribution in [1.82, 2.24) is 4.90 Å². The molecule has 1 aliphatic rings. The maximum absolute atomic E-state index is 10.4. The summed E-state index contributed by atoms with van der Waals surface area (Å²) in [6.07, 6.45) is 2.08. The number of hydrogen-bond donors (Lipinski definition) is 1. The summed E-state index contributed by atoms with van der Waals surface area (Å²) in [5, 5.41) is 15.4. The fourth-order valence-electron chi connectivity index (χ4n) is 3.58. The van der Waals surface area contributed by atoms with Crippen LogP contribution in [0.3, 0.4) is 0 Å². The van der Waals surface area contributed by atoms with Crippen LogP contribution in [0.15, 0.2) is 53.7 Å². The molecule has 0 aromatic heterocycles. The first-order valence-corrected chi connectivity index (χ1v) is 10.5. The number of hydrogen-bond acceptors (Lipinski definition) is 5. The summed E-state index contributed by atoms with van der Waals surface area (Å²) in [6.45, 7) is 4.09. The standard InChI is InChI=1S/C23H29ClN2O3/c1-3-5-20(27)15-26(14-17-6-4-7-21(12-17)28-2)16-22-13-23(25-29-22)18-8-10-19(24)11-9-18/h4,6-12,20,22,27H,3,5,13-16H2,1-2H3/t20-,22-/m0/s1. The van der Waals surface area contributed by atoms with Gasteiger partial charge in [-0.3, -0.25) is 4.90 Å². The van der Waals surface area contributed by atoms with Gasteiger partial charge >= 0.3 is 0 Å². The van der Waals surface area contributed by atoms with Gasteiger partial charge in [-0.05, 0) is 41.8 Å². The minimum absolute atomic E-state index is 0.0416. The molecule has 2 aromatic carbocycles. The van der Waals surface area contributed by atoms with E-state index in [4.69, 9.17) is 21.2 Å². The third kappa shape index (κ3) is 6.46. The molecule has 0 saturated carbocycles. The highest BCUT2D eigenvalue weighted by molar-refractivity contribution is 6.30. The predicted octanol–water partition coefficient (Wildman–Crippen LogP) is 4.50. The molecule has 0 unspecified atom stereocenters. The van der Waals surface area contributed by atoms with Gasteiger partial charge in [-0.1, -0.05) is 54.4 Å². The topological polar surface area (TPSA) is 54.3 Å². The summed E-state index contributed by atoms with van der Waals surface area (Å²) in [5.41, 5.74) is 3.11. The summed E-state index contributed by atoms with van der Waals surface area (Å²) in [4.78, 5) is 7.95. The summed E-state index contributed by atoms with van der Waals surface area (Å²) in [7, 11) is 1.67. The Labute approximate surface area is 177 Å². The third-order valence-electron chi connectivity index (χ3n) is 5.00. The first-order valence-electron chi connectivity index (χ1n) is 10.1. The molecule has 2 atom stereocenters. The van der Waals surface area contributed by atoms with E-state index in [0.717, 1.165) is 41.9 Å². The first kappa shape index (κ1) is 21.6. The molecule has 1 aliphatic heterocycles. The molecule has 5 nitrogen and oxygen atoms in total. The SMILES string of the molecule is CCC[C@H](O)CN(Cc1cccc(OC)c1)C[C@@H]1CC(c2ccc(Cl)cc2)=NO1. The van der Waals surface area contributed by atoms with Crippen LogP contribution in [-0.4, -0.2) is 48.1 Å². The lowest BCUT2D eigenvalue weighted by Gasteiger charge is -2.27. The molecule has 156 valence electrons. The molecule has 0 bridgehead atoms. The van der Waals surface area contributed by atoms with E-state index in [-0.39, 0.29) is 12.2 Å². The van der Waals surface area contributed by atoms with Gasteiger partial charge in [0.05, 0.1) is 18.9 Å². The second kappa shape index (κ2) is 10.6. The number of aliphatic hydroxyl groups excluding tert-OH is 1. The summed E-state index contributed by atoms with van der Waals surface area (Å²) >= 11 is 5.98. The van der Waals surface area contributed by atoms with Gasteiger partial charge in [-0.25, -0.2) is 0 Å². The molecule has 0 spiro atoms. The van der Waals surface area contributed by atoms with E-state index in [1.54, 1.807) is 7.11 Å². The second-order valence-electron chi connectivity index (χ2n) is 7.46. The van der Waals surface area contributed by atoms with E-state index in [0.29, 0.717) is 24.7 Å². The predicted molar refractivity (Wildman–Crippen MR) is 117 cm³/mol. The van der Waals surface area contributed by atoms with Gasteiger partial charge in [0, 0.05) is 31.1 Å². The molecule has 29 heavy (non-hydrogen) atoms. The van der Waals surface area contributed by atoms with E-state index in [2.05, 4.69) is 23.0 Å². The fourth-order valence-corrected chi connectivity index (χ4v) is 3.71. The van der Waals surface area contributed by atoms with Crippen LogP contribution in [0, 0.1) is 0 Å². The smallest absolute Gasteiger partial charge is 0.145 e. The summed E-state index contributed by atoms with van der Waals surface area (Å²) < 4.78 is 5.34. The van der Waals surface area contributed by atoms with Crippen molar-refractivity contribution in [2.24, 2.45) is 5.16 Å². The Morgan fingerprint density at radius 1 is 1.28 bits per heavy atom. The molecule has 0 saturated heterocycles. The van der Waals surface area contributed by atoms with Crippen LogP contribution >= 0.6 is 11.6 Å². The van der Waals surface area contributed by atoms with E-state index < -0.39 is 0 Å². The fraction of sp³-hybridized carbons (Fsp3) is 0.435. The number of nitrogens with zero attached hydrogens (tertiary/aromatic N) is 2. The third-order valence-corrected chi connectivity index (χ3v) is 5.26. The minimum atomic E-state index is -0.358. The number of methoxy groups -OCH3 is 1. The quantitative estimate of drug-likeness (QED) is 0.619. The van der Waals surface area contributed by atoms with Crippen molar-refractivity contribution in [3.8, 4) is 5.75 Å². The minimum Gasteiger partial charge on any atom is -0.497 e. The van der Waals surface area contributed by atoms with Crippen LogP contribution in [0.2, 0.25) is 5.02 Å². The molecule has 1 N–H and O–H groups in total. The van der Waals surface area contributed by atoms with Gasteiger partial charge in [0.15, 0.2) is 0 Å². The zero-order chi connectivity index (χ0) is 20.6. The van der Waals surface area contributed by atoms with Gasteiger partial charge in [0.1, 0.15) is 11.9 Å². The van der Waals surface area contributed by atoms with Crippen LogP contribution in [0.25, 0.3) is 0 Å². The number of oxime groups is 1. The molecule has 0 fully saturated rings. The van der Waals surface area contributed by atoms with Crippen molar-refractivity contribution in [2.45, 2.75) is 44.9 Å². The van der Waals surface area contributed by atoms with Crippen LogP contribution in [-0.2, 0) is 11.4 Å². The van der Waals surface area contributed by atoms with Crippen molar-refractivity contribution >= 4 is 17.3 Å². The van der Waals surface area contributed by atoms with Gasteiger partial charge in [-0.2, -0.15) is 0 Å². The molecule has 3 rings (SSSR count). The largest absolute Gasteiger partial charge is 0.497 e. The Bertz CT molecular complexity index is 810. The second-order valence-corrected chi connectivity index (χ2v) is 7.90. The van der Waals surface area contributed by atoms with E-state index in [1.807, 2.05) is 42.5 Å². The zero-order valence-electron chi connectivity index (χ0n) is 17.1. The van der Waals surface area contributed by atoms with Crippen LogP contribution in [0.5, 0.6) is 5.75 Å². The molecular weight excluding hydrogens is 388 g/mol. The Morgan fingerprint density at radius 2 is 2.07 bits per heavy atom. The first-order chi connectivity index (χ1) is 14.1. The summed E-state index contributed by atoms with van der Waals surface area (Å²) in [5.74, 6) is 0.835. The number of benzene rings is 2. The molecule has 0 amide bonds. The van der Waals surface area contributed by atoms with Crippen molar-refractivity contribution in [1.29, 1.82) is 0 Å². The Morgan fingerprint density at radius 3 is 2.79 bits per heavy atom. The highest BCUT2D eigenvalue weighted by atomic mass is 35.5. The van der Waals surface area contributed by atoms with Crippen LogP contribution in [0.1, 0.15) is 37.3 Å². The maximum atomic E-state index is 10.4. The van der Waals surface area contributed by atoms with Gasteiger partial charge in [0.2, 0.25) is 0 Å². The Balaban J connectivity index is 1.64. The van der Waals surface area contributed by atoms with Crippen molar-refractivity contribution < 1.29 is 14.7 Å². The average Bonchev–Trinajstić information content (AvgIpc) is 3.17. The molecule has 1 heterocycles. The summed E-state index contributed by atoms with van der Waals surface area (Å²) in [6, 6.07) is 15.7. The molecule has 2 aromatic rings. The number of rotatable bonds is 10. The van der Waals surface area contributed by atoms with E-state index >= 15 is 0 Å². The zero-order valence-corrected chi connectivity index (χ0v) is 17.8. The number of ether oxygens (including phenoxy) is 1. The monoisotopic (exact) mass is 416 g/mol. The Kier molecular flexibility index (Phi) is 7.92. The van der Waals surface area contributed by atoms with Gasteiger partial charge in [0.25, 0.3) is 0 Å². The maximum Gasteiger partial charge on any atom is 0.145 e. The Hall–Kier alpha value is -2.08. The van der Waals surface area contributed by atoms with Crippen molar-refractivity contribution in [3.63, 3.8) is 0 Å². The molecule has 6 heteroatoms.